The Morgan fingerprint density at radius 3 is 2.66 bits per heavy atom. The van der Waals surface area contributed by atoms with E-state index in [0.29, 0.717) is 22.7 Å². The third-order valence-electron chi connectivity index (χ3n) is 5.34. The minimum Gasteiger partial charge on any atom is -0.461 e. The number of benzene rings is 2. The molecule has 1 amide bonds. The number of hydrogen-bond donors (Lipinski definition) is 0. The van der Waals surface area contributed by atoms with Crippen LogP contribution in [0.25, 0.3) is 0 Å². The molecule has 1 saturated heterocycles. The van der Waals surface area contributed by atoms with Crippen LogP contribution in [0.5, 0.6) is 0 Å². The minimum absolute atomic E-state index is 0.0164. The van der Waals surface area contributed by atoms with E-state index in [1.807, 2.05) is 30.3 Å². The van der Waals surface area contributed by atoms with Crippen molar-refractivity contribution in [2.75, 3.05) is 6.61 Å². The predicted octanol–water partition coefficient (Wildman–Crippen LogP) is 4.03. The van der Waals surface area contributed by atoms with Crippen molar-refractivity contribution < 1.29 is 19.2 Å². The maximum absolute atomic E-state index is 13.4. The first kappa shape index (κ1) is 21.8. The minimum atomic E-state index is -0.520. The molecule has 9 heteroatoms. The fourth-order valence-electron chi connectivity index (χ4n) is 3.89. The van der Waals surface area contributed by atoms with Crippen LogP contribution in [0.2, 0.25) is 0 Å². The molecule has 0 bridgehead atoms. The molecule has 1 fully saturated rings. The smallest absolute Gasteiger partial charge is 0.357 e. The zero-order valence-corrected chi connectivity index (χ0v) is 18.4. The molecule has 0 aromatic heterocycles. The second kappa shape index (κ2) is 8.96. The molecule has 0 radical (unpaired) electrons. The Balaban J connectivity index is 1.70. The van der Waals surface area contributed by atoms with Crippen LogP contribution in [0.3, 0.4) is 0 Å². The summed E-state index contributed by atoms with van der Waals surface area (Å²) in [5.74, 6) is -0.662. The first-order valence-corrected chi connectivity index (χ1v) is 11.0. The summed E-state index contributed by atoms with van der Waals surface area (Å²) in [7, 11) is 0. The largest absolute Gasteiger partial charge is 0.461 e. The number of nitrogens with zero attached hydrogens (tertiary/aromatic N) is 3. The van der Waals surface area contributed by atoms with Gasteiger partial charge in [0, 0.05) is 12.1 Å². The van der Waals surface area contributed by atoms with Crippen molar-refractivity contribution >= 4 is 34.5 Å². The number of rotatable bonds is 6. The fourth-order valence-corrected chi connectivity index (χ4v) is 5.09. The van der Waals surface area contributed by atoms with E-state index in [4.69, 9.17) is 4.74 Å². The molecular formula is C23H21N3O5S. The number of non-ortho nitro benzene ring substituents is 1. The van der Waals surface area contributed by atoms with Crippen molar-refractivity contribution in [3.05, 3.63) is 87.1 Å². The number of amides is 1. The maximum atomic E-state index is 13.4. The molecule has 0 aliphatic carbocycles. The highest BCUT2D eigenvalue weighted by molar-refractivity contribution is 8.15. The van der Waals surface area contributed by atoms with Crippen molar-refractivity contribution in [2.24, 2.45) is 4.99 Å². The molecular weight excluding hydrogens is 430 g/mol. The summed E-state index contributed by atoms with van der Waals surface area (Å²) in [6.07, 6.45) is 0.315. The third kappa shape index (κ3) is 4.03. The van der Waals surface area contributed by atoms with Gasteiger partial charge < -0.3 is 4.74 Å². The van der Waals surface area contributed by atoms with Crippen LogP contribution in [0, 0.1) is 10.1 Å². The first-order valence-electron chi connectivity index (χ1n) is 10.1. The number of hydrogen-bond acceptors (Lipinski definition) is 7. The Labute approximate surface area is 189 Å². The number of fused-ring (bicyclic) bond motifs is 1. The molecule has 4 rings (SSSR count). The Kier molecular flexibility index (Phi) is 6.09. The second-order valence-corrected chi connectivity index (χ2v) is 8.58. The average Bonchev–Trinajstić information content (AvgIpc) is 3.09. The second-order valence-electron chi connectivity index (χ2n) is 7.41. The standard InChI is InChI=1S/C23H21N3O5S/c1-3-31-22(28)19-14(2)20(16-9-5-4-6-10-16)25-21(27)18(32-23(25)24-19)13-15-8-7-11-17(12-15)26(29)30/h4-12,18,20H,3,13H2,1-2H3. The molecule has 0 N–H and O–H groups in total. The van der Waals surface area contributed by atoms with Gasteiger partial charge in [-0.15, -0.1) is 0 Å². The van der Waals surface area contributed by atoms with Gasteiger partial charge in [-0.1, -0.05) is 54.2 Å². The number of carbonyl (C=O) groups excluding carboxylic acids is 2. The summed E-state index contributed by atoms with van der Waals surface area (Å²) in [6.45, 7) is 3.74. The lowest BCUT2D eigenvalue weighted by Crippen LogP contribution is -2.39. The molecule has 2 aromatic rings. The number of nitro benzene ring substituents is 1. The Morgan fingerprint density at radius 2 is 1.97 bits per heavy atom. The fraction of sp³-hybridized carbons (Fsp3) is 0.261. The first-order chi connectivity index (χ1) is 15.4. The molecule has 8 nitrogen and oxygen atoms in total. The summed E-state index contributed by atoms with van der Waals surface area (Å²) >= 11 is 1.27. The highest BCUT2D eigenvalue weighted by Gasteiger charge is 2.46. The molecule has 2 atom stereocenters. The zero-order valence-electron chi connectivity index (χ0n) is 17.6. The van der Waals surface area contributed by atoms with Crippen LogP contribution >= 0.6 is 11.8 Å². The van der Waals surface area contributed by atoms with Crippen molar-refractivity contribution in [3.63, 3.8) is 0 Å². The van der Waals surface area contributed by atoms with Gasteiger partial charge in [0.05, 0.1) is 22.8 Å². The van der Waals surface area contributed by atoms with Crippen LogP contribution in [0.15, 0.2) is 70.9 Å². The molecule has 2 aliphatic heterocycles. The monoisotopic (exact) mass is 451 g/mol. The number of amidine groups is 1. The molecule has 2 aliphatic rings. The zero-order chi connectivity index (χ0) is 22.8. The van der Waals surface area contributed by atoms with Gasteiger partial charge in [0.25, 0.3) is 5.69 Å². The van der Waals surface area contributed by atoms with Crippen molar-refractivity contribution in [1.29, 1.82) is 0 Å². The van der Waals surface area contributed by atoms with Crippen LogP contribution in [0.4, 0.5) is 5.69 Å². The predicted molar refractivity (Wildman–Crippen MR) is 121 cm³/mol. The van der Waals surface area contributed by atoms with E-state index >= 15 is 0 Å². The van der Waals surface area contributed by atoms with Gasteiger partial charge in [0.1, 0.15) is 0 Å². The Bertz CT molecular complexity index is 1150. The van der Waals surface area contributed by atoms with E-state index in [9.17, 15) is 19.7 Å². The van der Waals surface area contributed by atoms with E-state index in [1.165, 1.54) is 23.9 Å². The lowest BCUT2D eigenvalue weighted by atomic mass is 9.95. The highest BCUT2D eigenvalue weighted by Crippen LogP contribution is 2.43. The topological polar surface area (TPSA) is 102 Å². The number of thioether (sulfide) groups is 1. The molecule has 2 unspecified atom stereocenters. The van der Waals surface area contributed by atoms with Crippen LogP contribution in [-0.4, -0.2) is 38.7 Å². The van der Waals surface area contributed by atoms with Crippen LogP contribution < -0.4 is 0 Å². The van der Waals surface area contributed by atoms with Gasteiger partial charge in [0.15, 0.2) is 10.9 Å². The summed E-state index contributed by atoms with van der Waals surface area (Å²) in [6, 6.07) is 15.3. The lowest BCUT2D eigenvalue weighted by Gasteiger charge is -2.32. The Morgan fingerprint density at radius 1 is 1.22 bits per heavy atom. The van der Waals surface area contributed by atoms with Gasteiger partial charge in [0.2, 0.25) is 5.91 Å². The highest BCUT2D eigenvalue weighted by atomic mass is 32.2. The van der Waals surface area contributed by atoms with Gasteiger partial charge in [-0.05, 0) is 37.0 Å². The third-order valence-corrected chi connectivity index (χ3v) is 6.49. The summed E-state index contributed by atoms with van der Waals surface area (Å²) < 4.78 is 5.19. The number of ether oxygens (including phenoxy) is 1. The lowest BCUT2D eigenvalue weighted by molar-refractivity contribution is -0.384. The quantitative estimate of drug-likeness (QED) is 0.373. The van der Waals surface area contributed by atoms with Gasteiger partial charge in [-0.3, -0.25) is 19.8 Å². The van der Waals surface area contributed by atoms with E-state index < -0.39 is 22.2 Å². The summed E-state index contributed by atoms with van der Waals surface area (Å²) in [5.41, 5.74) is 2.39. The van der Waals surface area contributed by atoms with Gasteiger partial charge in [-0.25, -0.2) is 9.79 Å². The van der Waals surface area contributed by atoms with E-state index in [2.05, 4.69) is 4.99 Å². The number of esters is 1. The van der Waals surface area contributed by atoms with Crippen molar-refractivity contribution in [2.45, 2.75) is 31.6 Å². The molecule has 0 saturated carbocycles. The summed E-state index contributed by atoms with van der Waals surface area (Å²) in [5, 5.41) is 11.0. The van der Waals surface area contributed by atoms with E-state index in [0.717, 1.165) is 5.56 Å². The maximum Gasteiger partial charge on any atom is 0.357 e. The molecule has 2 heterocycles. The normalized spacial score (nSPS) is 20.1. The van der Waals surface area contributed by atoms with Crippen LogP contribution in [0.1, 0.15) is 31.0 Å². The molecule has 32 heavy (non-hydrogen) atoms. The Hall–Kier alpha value is -3.46. The number of nitro groups is 1. The van der Waals surface area contributed by atoms with Crippen molar-refractivity contribution in [1.82, 2.24) is 4.90 Å². The van der Waals surface area contributed by atoms with E-state index in [-0.39, 0.29) is 23.9 Å². The number of aliphatic imine (C=N–C) groups is 1. The summed E-state index contributed by atoms with van der Waals surface area (Å²) in [4.78, 5) is 42.8. The van der Waals surface area contributed by atoms with Gasteiger partial charge >= 0.3 is 5.97 Å². The average molecular weight is 452 g/mol. The van der Waals surface area contributed by atoms with Crippen molar-refractivity contribution in [3.8, 4) is 0 Å². The van der Waals surface area contributed by atoms with Gasteiger partial charge in [-0.2, -0.15) is 0 Å². The molecule has 164 valence electrons. The molecule has 2 aromatic carbocycles. The van der Waals surface area contributed by atoms with Crippen LogP contribution in [-0.2, 0) is 20.7 Å². The molecule has 0 spiro atoms. The number of carbonyl (C=O) groups is 2. The van der Waals surface area contributed by atoms with E-state index in [1.54, 1.807) is 30.9 Å². The SMILES string of the molecule is CCOC(=O)C1=C(C)C(c2ccccc2)N2C(=O)C(Cc3cccc([N+](=O)[O-])c3)SC2=N1.